The number of nitrogens with zero attached hydrogens (tertiary/aromatic N) is 2. The van der Waals surface area contributed by atoms with Crippen LogP contribution in [0.5, 0.6) is 5.75 Å². The minimum atomic E-state index is -3.24. The maximum atomic E-state index is 14.7. The highest BCUT2D eigenvalue weighted by molar-refractivity contribution is 7.88. The summed E-state index contributed by atoms with van der Waals surface area (Å²) in [6, 6.07) is 9.00. The molecule has 35 heavy (non-hydrogen) atoms. The molecule has 3 aromatic rings. The normalized spacial score (nSPS) is 16.5. The second kappa shape index (κ2) is 10.0. The lowest BCUT2D eigenvalue weighted by molar-refractivity contribution is 0.146. The van der Waals surface area contributed by atoms with Crippen LogP contribution in [0.15, 0.2) is 42.6 Å². The van der Waals surface area contributed by atoms with Crippen LogP contribution >= 0.6 is 0 Å². The number of hydrogen-bond acceptors (Lipinski definition) is 5. The van der Waals surface area contributed by atoms with Crippen LogP contribution in [-0.4, -0.2) is 44.2 Å². The zero-order valence-electron chi connectivity index (χ0n) is 19.8. The van der Waals surface area contributed by atoms with Gasteiger partial charge < -0.3 is 10.1 Å². The number of fused-ring (bicyclic) bond motifs is 1. The van der Waals surface area contributed by atoms with E-state index in [1.54, 1.807) is 26.3 Å². The number of nitrogens with one attached hydrogen (secondary N) is 1. The van der Waals surface area contributed by atoms with Crippen molar-refractivity contribution in [1.82, 2.24) is 9.29 Å². The van der Waals surface area contributed by atoms with Crippen LogP contribution < -0.4 is 10.1 Å². The Labute approximate surface area is 203 Å². The SMILES string of the molecule is COc1cc2nccc(NC(C)c3cccc(C(F)F)c3F)c2cc1C1CCN(S(C)(=O)=O)CC1. The van der Waals surface area contributed by atoms with Gasteiger partial charge in [0.15, 0.2) is 0 Å². The number of sulfonamides is 1. The smallest absolute Gasteiger partial charge is 0.266 e. The maximum Gasteiger partial charge on any atom is 0.266 e. The van der Waals surface area contributed by atoms with Crippen LogP contribution in [0.3, 0.4) is 0 Å². The monoisotopic (exact) mass is 507 g/mol. The average Bonchev–Trinajstić information content (AvgIpc) is 2.82. The molecule has 1 aliphatic heterocycles. The minimum Gasteiger partial charge on any atom is -0.496 e. The Kier molecular flexibility index (Phi) is 7.23. The second-order valence-electron chi connectivity index (χ2n) is 8.82. The van der Waals surface area contributed by atoms with Crippen molar-refractivity contribution in [2.45, 2.75) is 38.2 Å². The lowest BCUT2D eigenvalue weighted by atomic mass is 9.88. The predicted octanol–water partition coefficient (Wildman–Crippen LogP) is 5.63. The van der Waals surface area contributed by atoms with E-state index in [2.05, 4.69) is 10.3 Å². The van der Waals surface area contributed by atoms with Crippen molar-refractivity contribution >= 4 is 26.6 Å². The molecule has 0 aliphatic carbocycles. The van der Waals surface area contributed by atoms with Crippen molar-refractivity contribution in [2.24, 2.45) is 0 Å². The molecule has 1 saturated heterocycles. The molecule has 0 bridgehead atoms. The molecule has 1 atom stereocenters. The Morgan fingerprint density at radius 3 is 2.46 bits per heavy atom. The van der Waals surface area contributed by atoms with Crippen LogP contribution in [-0.2, 0) is 10.0 Å². The number of methoxy groups -OCH3 is 1. The summed E-state index contributed by atoms with van der Waals surface area (Å²) in [6.45, 7) is 2.57. The highest BCUT2D eigenvalue weighted by Crippen LogP contribution is 2.39. The van der Waals surface area contributed by atoms with Crippen molar-refractivity contribution < 1.29 is 26.3 Å². The van der Waals surface area contributed by atoms with E-state index in [0.717, 1.165) is 17.0 Å². The third-order valence-electron chi connectivity index (χ3n) is 6.59. The van der Waals surface area contributed by atoms with Gasteiger partial charge in [-0.2, -0.15) is 0 Å². The number of alkyl halides is 2. The highest BCUT2D eigenvalue weighted by atomic mass is 32.2. The fourth-order valence-electron chi connectivity index (χ4n) is 4.69. The Morgan fingerprint density at radius 1 is 1.14 bits per heavy atom. The fraction of sp³-hybridized carbons (Fsp3) is 0.400. The van der Waals surface area contributed by atoms with Gasteiger partial charge in [-0.15, -0.1) is 0 Å². The summed E-state index contributed by atoms with van der Waals surface area (Å²) in [5.74, 6) is -0.150. The molecule has 2 aromatic carbocycles. The molecule has 0 spiro atoms. The number of benzene rings is 2. The summed E-state index contributed by atoms with van der Waals surface area (Å²) in [5, 5.41) is 4.03. The minimum absolute atomic E-state index is 0.0954. The number of aromatic nitrogens is 1. The first-order valence-electron chi connectivity index (χ1n) is 11.3. The molecule has 0 amide bonds. The summed E-state index contributed by atoms with van der Waals surface area (Å²) < 4.78 is 72.0. The lowest BCUT2D eigenvalue weighted by Gasteiger charge is -2.31. The molecular formula is C25H28F3N3O3S. The van der Waals surface area contributed by atoms with Crippen LogP contribution in [0.1, 0.15) is 54.8 Å². The number of pyridine rings is 1. The molecule has 0 radical (unpaired) electrons. The van der Waals surface area contributed by atoms with Gasteiger partial charge in [0.25, 0.3) is 6.43 Å². The van der Waals surface area contributed by atoms with E-state index in [1.165, 1.54) is 22.7 Å². The second-order valence-corrected chi connectivity index (χ2v) is 10.8. The molecule has 188 valence electrons. The van der Waals surface area contributed by atoms with Crippen molar-refractivity contribution in [3.8, 4) is 5.75 Å². The first-order chi connectivity index (χ1) is 16.6. The van der Waals surface area contributed by atoms with Gasteiger partial charge in [-0.1, -0.05) is 18.2 Å². The van der Waals surface area contributed by atoms with E-state index in [-0.39, 0.29) is 11.5 Å². The van der Waals surface area contributed by atoms with Gasteiger partial charge in [0.05, 0.1) is 30.5 Å². The molecular weight excluding hydrogens is 479 g/mol. The van der Waals surface area contributed by atoms with E-state index >= 15 is 0 Å². The molecule has 1 unspecified atom stereocenters. The third-order valence-corrected chi connectivity index (χ3v) is 7.89. The number of halogens is 3. The molecule has 0 saturated carbocycles. The van der Waals surface area contributed by atoms with E-state index in [1.807, 2.05) is 12.1 Å². The van der Waals surface area contributed by atoms with Crippen LogP contribution in [0.4, 0.5) is 18.9 Å². The van der Waals surface area contributed by atoms with E-state index < -0.39 is 33.9 Å². The zero-order valence-corrected chi connectivity index (χ0v) is 20.6. The molecule has 1 aromatic heterocycles. The Morgan fingerprint density at radius 2 is 1.83 bits per heavy atom. The van der Waals surface area contributed by atoms with Crippen LogP contribution in [0.25, 0.3) is 10.9 Å². The number of hydrogen-bond donors (Lipinski definition) is 1. The quantitative estimate of drug-likeness (QED) is 0.449. The fourth-order valence-corrected chi connectivity index (χ4v) is 5.57. The van der Waals surface area contributed by atoms with Crippen LogP contribution in [0.2, 0.25) is 0 Å². The Hall–Kier alpha value is -2.85. The summed E-state index contributed by atoms with van der Waals surface area (Å²) >= 11 is 0. The van der Waals surface area contributed by atoms with Crippen molar-refractivity contribution in [1.29, 1.82) is 0 Å². The van der Waals surface area contributed by atoms with E-state index in [9.17, 15) is 21.6 Å². The van der Waals surface area contributed by atoms with Gasteiger partial charge >= 0.3 is 0 Å². The van der Waals surface area contributed by atoms with Gasteiger partial charge in [0, 0.05) is 42.0 Å². The molecule has 10 heteroatoms. The summed E-state index contributed by atoms with van der Waals surface area (Å²) in [4.78, 5) is 4.44. The number of piperidine rings is 1. The number of anilines is 1. The molecule has 4 rings (SSSR count). The average molecular weight is 508 g/mol. The van der Waals surface area contributed by atoms with Gasteiger partial charge in [0.1, 0.15) is 11.6 Å². The van der Waals surface area contributed by atoms with Gasteiger partial charge in [0.2, 0.25) is 10.0 Å². The van der Waals surface area contributed by atoms with Crippen molar-refractivity contribution in [2.75, 3.05) is 31.8 Å². The molecule has 1 aliphatic rings. The topological polar surface area (TPSA) is 71.5 Å². The zero-order chi connectivity index (χ0) is 25.3. The maximum absolute atomic E-state index is 14.7. The highest BCUT2D eigenvalue weighted by Gasteiger charge is 2.28. The summed E-state index contributed by atoms with van der Waals surface area (Å²) in [6.07, 6.45) is 1.25. The largest absolute Gasteiger partial charge is 0.496 e. The molecule has 6 nitrogen and oxygen atoms in total. The van der Waals surface area contributed by atoms with Gasteiger partial charge in [-0.05, 0) is 43.4 Å². The standard InChI is InChI=1S/C25H28F3N3O3S/c1-15(17-5-4-6-18(24(17)26)25(27)28)30-21-7-10-29-22-14-23(34-2)19(13-20(21)22)16-8-11-31(12-9-16)35(3,32)33/h4-7,10,13-16,25H,8-9,11-12H2,1-3H3,(H,29,30). The third kappa shape index (κ3) is 5.23. The van der Waals surface area contributed by atoms with E-state index in [4.69, 9.17) is 4.74 Å². The van der Waals surface area contributed by atoms with Crippen molar-refractivity contribution in [3.05, 3.63) is 65.1 Å². The van der Waals surface area contributed by atoms with Gasteiger partial charge in [-0.25, -0.2) is 25.9 Å². The first-order valence-corrected chi connectivity index (χ1v) is 13.2. The molecule has 2 heterocycles. The first kappa shape index (κ1) is 25.2. The van der Waals surface area contributed by atoms with Gasteiger partial charge in [-0.3, -0.25) is 4.98 Å². The number of rotatable bonds is 7. The lowest BCUT2D eigenvalue weighted by Crippen LogP contribution is -2.37. The molecule has 1 N–H and O–H groups in total. The Balaban J connectivity index is 1.67. The number of ether oxygens (including phenoxy) is 1. The van der Waals surface area contributed by atoms with E-state index in [0.29, 0.717) is 42.9 Å². The molecule has 1 fully saturated rings. The Bertz CT molecular complexity index is 1330. The summed E-state index contributed by atoms with van der Waals surface area (Å²) in [5.41, 5.74) is 1.82. The van der Waals surface area contributed by atoms with Crippen molar-refractivity contribution in [3.63, 3.8) is 0 Å². The van der Waals surface area contributed by atoms with Crippen LogP contribution in [0, 0.1) is 5.82 Å². The predicted molar refractivity (Wildman–Crippen MR) is 130 cm³/mol. The summed E-state index contributed by atoms with van der Waals surface area (Å²) in [7, 11) is -1.65.